The molecule has 1 saturated carbocycles. The third-order valence-corrected chi connectivity index (χ3v) is 3.41. The molecule has 2 N–H and O–H groups in total. The van der Waals surface area contributed by atoms with Crippen LogP contribution >= 0.6 is 0 Å². The number of rotatable bonds is 1. The second-order valence-corrected chi connectivity index (χ2v) is 6.57. The molecule has 2 aliphatic heterocycles. The van der Waals surface area contributed by atoms with Gasteiger partial charge in [0.2, 0.25) is 0 Å². The zero-order valence-corrected chi connectivity index (χ0v) is 10.7. The largest absolute Gasteiger partial charge is 0.444 e. The fraction of sp³-hybridized carbons (Fsp3) is 0.917. The first kappa shape index (κ1) is 12.6. The number of amides is 1. The second-order valence-electron chi connectivity index (χ2n) is 6.57. The van der Waals surface area contributed by atoms with E-state index in [4.69, 9.17) is 4.74 Å². The number of carbonyl (C=O) groups is 1. The maximum Gasteiger partial charge on any atom is 0.410 e. The highest BCUT2D eigenvalue weighted by atomic mass is 16.6. The summed E-state index contributed by atoms with van der Waals surface area (Å²) in [5.74, 6) is 0. The lowest BCUT2D eigenvalue weighted by Crippen LogP contribution is -2.69. The van der Waals surface area contributed by atoms with Gasteiger partial charge in [-0.15, -0.1) is 0 Å². The number of aliphatic hydroxyl groups excluding tert-OH is 1. The summed E-state index contributed by atoms with van der Waals surface area (Å²) in [6.45, 7) is 6.23. The lowest BCUT2D eigenvalue weighted by molar-refractivity contribution is -0.200. The summed E-state index contributed by atoms with van der Waals surface area (Å²) in [5.41, 5.74) is -1.67. The van der Waals surface area contributed by atoms with Crippen LogP contribution in [0.2, 0.25) is 0 Å². The topological polar surface area (TPSA) is 70.0 Å². The Balaban J connectivity index is 2.02. The molecule has 17 heavy (non-hydrogen) atoms. The molecule has 5 nitrogen and oxygen atoms in total. The predicted molar refractivity (Wildman–Crippen MR) is 61.5 cm³/mol. The van der Waals surface area contributed by atoms with Crippen molar-refractivity contribution in [2.75, 3.05) is 19.7 Å². The fourth-order valence-corrected chi connectivity index (χ4v) is 3.00. The minimum absolute atomic E-state index is 0.00854. The van der Waals surface area contributed by atoms with E-state index in [2.05, 4.69) is 0 Å². The third-order valence-electron chi connectivity index (χ3n) is 3.41. The third kappa shape index (κ3) is 2.40. The Labute approximate surface area is 101 Å². The average molecular weight is 243 g/mol. The molecule has 2 heterocycles. The molecule has 2 bridgehead atoms. The standard InChI is InChI=1S/C12H21NO4/c1-10(2,3)17-9(15)13-6-11(8-14)4-12(16,5-11)7-13/h14,16H,4-8H2,1-3H3. The normalized spacial score (nSPS) is 36.4. The van der Waals surface area contributed by atoms with Gasteiger partial charge in [0.05, 0.1) is 18.8 Å². The van der Waals surface area contributed by atoms with E-state index < -0.39 is 17.3 Å². The molecule has 0 aromatic rings. The van der Waals surface area contributed by atoms with Crippen molar-refractivity contribution in [1.29, 1.82) is 0 Å². The molecule has 3 fully saturated rings. The van der Waals surface area contributed by atoms with Crippen molar-refractivity contribution < 1.29 is 19.7 Å². The highest BCUT2D eigenvalue weighted by Crippen LogP contribution is 2.52. The van der Waals surface area contributed by atoms with Crippen molar-refractivity contribution in [1.82, 2.24) is 4.90 Å². The molecular formula is C12H21NO4. The number of ether oxygens (including phenoxy) is 1. The first-order valence-electron chi connectivity index (χ1n) is 5.98. The quantitative estimate of drug-likeness (QED) is 0.712. The summed E-state index contributed by atoms with van der Waals surface area (Å²) in [6, 6.07) is 0. The van der Waals surface area contributed by atoms with Gasteiger partial charge in [-0.2, -0.15) is 0 Å². The molecule has 0 atom stereocenters. The number of aliphatic hydroxyl groups is 2. The monoisotopic (exact) mass is 243 g/mol. The molecule has 1 aliphatic carbocycles. The van der Waals surface area contributed by atoms with Crippen LogP contribution in [0.1, 0.15) is 33.6 Å². The Morgan fingerprint density at radius 2 is 1.94 bits per heavy atom. The maximum atomic E-state index is 11.9. The van der Waals surface area contributed by atoms with Crippen LogP contribution in [0.3, 0.4) is 0 Å². The van der Waals surface area contributed by atoms with E-state index in [9.17, 15) is 15.0 Å². The summed E-state index contributed by atoms with van der Waals surface area (Å²) in [7, 11) is 0. The van der Waals surface area contributed by atoms with E-state index in [1.165, 1.54) is 4.90 Å². The lowest BCUT2D eigenvalue weighted by atomic mass is 9.56. The SMILES string of the molecule is CC(C)(C)OC(=O)N1CC2(O)CC(CO)(C1)C2. The van der Waals surface area contributed by atoms with Crippen LogP contribution in [0.15, 0.2) is 0 Å². The van der Waals surface area contributed by atoms with Crippen molar-refractivity contribution >= 4 is 6.09 Å². The zero-order chi connectivity index (χ0) is 12.9. The van der Waals surface area contributed by atoms with Gasteiger partial charge in [-0.1, -0.05) is 0 Å². The van der Waals surface area contributed by atoms with E-state index in [0.717, 1.165) is 0 Å². The van der Waals surface area contributed by atoms with Crippen molar-refractivity contribution in [2.45, 2.75) is 44.8 Å². The summed E-state index contributed by atoms with van der Waals surface area (Å²) in [5, 5.41) is 19.4. The van der Waals surface area contributed by atoms with Crippen molar-refractivity contribution in [3.8, 4) is 0 Å². The summed E-state index contributed by atoms with van der Waals surface area (Å²) < 4.78 is 5.27. The number of nitrogens with zero attached hydrogens (tertiary/aromatic N) is 1. The zero-order valence-electron chi connectivity index (χ0n) is 10.7. The first-order chi connectivity index (χ1) is 7.67. The van der Waals surface area contributed by atoms with Crippen LogP contribution in [0, 0.1) is 5.41 Å². The minimum atomic E-state index is -0.822. The Kier molecular flexibility index (Phi) is 2.67. The van der Waals surface area contributed by atoms with Gasteiger partial charge in [-0.25, -0.2) is 4.79 Å². The van der Waals surface area contributed by atoms with Crippen LogP contribution in [-0.4, -0.2) is 52.1 Å². The van der Waals surface area contributed by atoms with E-state index in [1.807, 2.05) is 20.8 Å². The molecule has 1 amide bonds. The van der Waals surface area contributed by atoms with Crippen LogP contribution in [0.4, 0.5) is 4.79 Å². The van der Waals surface area contributed by atoms with Gasteiger partial charge in [-0.05, 0) is 33.6 Å². The second kappa shape index (κ2) is 3.59. The molecule has 3 aliphatic rings. The van der Waals surface area contributed by atoms with Crippen LogP contribution in [0.25, 0.3) is 0 Å². The van der Waals surface area contributed by atoms with Gasteiger partial charge >= 0.3 is 6.09 Å². The van der Waals surface area contributed by atoms with E-state index in [-0.39, 0.29) is 12.0 Å². The molecule has 0 aromatic carbocycles. The van der Waals surface area contributed by atoms with E-state index >= 15 is 0 Å². The molecule has 3 rings (SSSR count). The molecule has 0 radical (unpaired) electrons. The summed E-state index contributed by atoms with van der Waals surface area (Å²) in [6.07, 6.45) is 0.749. The predicted octanol–water partition coefficient (Wildman–Crippen LogP) is 0.741. The Hall–Kier alpha value is -0.810. The smallest absolute Gasteiger partial charge is 0.410 e. The molecule has 0 unspecified atom stereocenters. The number of hydrogen-bond acceptors (Lipinski definition) is 4. The van der Waals surface area contributed by atoms with Gasteiger partial charge < -0.3 is 19.8 Å². The molecule has 98 valence electrons. The Bertz CT molecular complexity index is 328. The van der Waals surface area contributed by atoms with E-state index in [0.29, 0.717) is 25.9 Å². The molecule has 5 heteroatoms. The van der Waals surface area contributed by atoms with Crippen molar-refractivity contribution in [2.24, 2.45) is 5.41 Å². The number of fused-ring (bicyclic) bond motifs is 2. The first-order valence-corrected chi connectivity index (χ1v) is 5.98. The minimum Gasteiger partial charge on any atom is -0.444 e. The molecule has 0 spiro atoms. The van der Waals surface area contributed by atoms with Crippen LogP contribution in [0.5, 0.6) is 0 Å². The van der Waals surface area contributed by atoms with Gasteiger partial charge in [-0.3, -0.25) is 0 Å². The van der Waals surface area contributed by atoms with Crippen molar-refractivity contribution in [3.63, 3.8) is 0 Å². The number of piperidine rings is 2. The van der Waals surface area contributed by atoms with Crippen molar-refractivity contribution in [3.05, 3.63) is 0 Å². The van der Waals surface area contributed by atoms with E-state index in [1.54, 1.807) is 0 Å². The maximum absolute atomic E-state index is 11.9. The summed E-state index contributed by atoms with van der Waals surface area (Å²) >= 11 is 0. The highest BCUT2D eigenvalue weighted by Gasteiger charge is 2.59. The summed E-state index contributed by atoms with van der Waals surface area (Å²) in [4.78, 5) is 13.4. The molecular weight excluding hydrogens is 222 g/mol. The van der Waals surface area contributed by atoms with Gasteiger partial charge in [0, 0.05) is 12.0 Å². The molecule has 0 aromatic heterocycles. The Morgan fingerprint density at radius 3 is 2.41 bits per heavy atom. The van der Waals surface area contributed by atoms with Gasteiger partial charge in [0.1, 0.15) is 5.60 Å². The van der Waals surface area contributed by atoms with Gasteiger partial charge in [0.15, 0.2) is 0 Å². The highest BCUT2D eigenvalue weighted by molar-refractivity contribution is 5.69. The number of carbonyl (C=O) groups excluding carboxylic acids is 1. The lowest BCUT2D eigenvalue weighted by Gasteiger charge is -2.60. The molecule has 2 saturated heterocycles. The average Bonchev–Trinajstić information content (AvgIpc) is 2.12. The van der Waals surface area contributed by atoms with Gasteiger partial charge in [0.25, 0.3) is 0 Å². The fourth-order valence-electron chi connectivity index (χ4n) is 3.00. The number of hydrogen-bond donors (Lipinski definition) is 2. The van der Waals surface area contributed by atoms with Crippen LogP contribution < -0.4 is 0 Å². The Morgan fingerprint density at radius 1 is 1.35 bits per heavy atom. The van der Waals surface area contributed by atoms with Crippen LogP contribution in [-0.2, 0) is 4.74 Å².